The van der Waals surface area contributed by atoms with Crippen LogP contribution in [0.4, 0.5) is 22.0 Å². The van der Waals surface area contributed by atoms with E-state index in [1.807, 2.05) is 29.0 Å². The van der Waals surface area contributed by atoms with E-state index in [-0.39, 0.29) is 10.8 Å². The Kier molecular flexibility index (Phi) is 6.26. The highest BCUT2D eigenvalue weighted by Crippen LogP contribution is 2.25. The molecule has 0 amide bonds. The molecule has 1 fully saturated rings. The normalized spacial score (nSPS) is 16.4. The maximum absolute atomic E-state index is 14.6. The SMILES string of the molecule is CN(CCN1CCN(c2ccc(S(C)(=N)=O)cc2F)CC1)c1nc(N)n2nc(-c3ccco3)cc2n1. The zero-order chi connectivity index (χ0) is 25.4. The standard InChI is InChI=1S/C23H28FN9O2S/c1-30(23-27-21-15-18(20-4-3-13-35-20)29-33(21)22(25)28-23)7-8-31-9-11-32(12-10-31)19-6-5-16(14-17(19)24)36(2,26)34/h3-6,13-15,26H,7-12H2,1-2H3,(H2,25,27,28). The minimum absolute atomic E-state index is 0.208. The van der Waals surface area contributed by atoms with Crippen LogP contribution in [-0.4, -0.2) is 81.3 Å². The number of piperazine rings is 1. The van der Waals surface area contributed by atoms with Crippen molar-refractivity contribution in [2.45, 2.75) is 4.90 Å². The number of rotatable bonds is 7. The van der Waals surface area contributed by atoms with Gasteiger partial charge in [0, 0.05) is 63.5 Å². The summed E-state index contributed by atoms with van der Waals surface area (Å²) in [5, 5.41) is 4.42. The van der Waals surface area contributed by atoms with E-state index in [0.717, 1.165) is 19.6 Å². The number of benzene rings is 1. The van der Waals surface area contributed by atoms with Gasteiger partial charge in [0.15, 0.2) is 11.4 Å². The first kappa shape index (κ1) is 24.0. The highest BCUT2D eigenvalue weighted by atomic mass is 32.2. The first-order valence-corrected chi connectivity index (χ1v) is 13.4. The Morgan fingerprint density at radius 1 is 1.19 bits per heavy atom. The molecule has 4 aromatic rings. The van der Waals surface area contributed by atoms with Gasteiger partial charge in [0.05, 0.1) is 21.7 Å². The summed E-state index contributed by atoms with van der Waals surface area (Å²) in [6.45, 7) is 4.36. The number of nitrogens with two attached hydrogens (primary N) is 1. The number of furan rings is 1. The molecule has 4 heterocycles. The molecule has 1 aromatic carbocycles. The van der Waals surface area contributed by atoms with E-state index in [1.165, 1.54) is 16.8 Å². The van der Waals surface area contributed by atoms with E-state index in [4.69, 9.17) is 14.9 Å². The summed E-state index contributed by atoms with van der Waals surface area (Å²) in [6.07, 6.45) is 2.88. The van der Waals surface area contributed by atoms with Crippen molar-refractivity contribution < 1.29 is 13.0 Å². The fourth-order valence-corrected chi connectivity index (χ4v) is 4.86. The molecule has 36 heavy (non-hydrogen) atoms. The van der Waals surface area contributed by atoms with Crippen LogP contribution in [-0.2, 0) is 9.73 Å². The number of halogens is 1. The Morgan fingerprint density at radius 2 is 1.97 bits per heavy atom. The number of fused-ring (bicyclic) bond motifs is 1. The average Bonchev–Trinajstić information content (AvgIpc) is 3.52. The molecular weight excluding hydrogens is 485 g/mol. The fourth-order valence-electron chi connectivity index (χ4n) is 4.20. The van der Waals surface area contributed by atoms with Gasteiger partial charge in [0.1, 0.15) is 11.5 Å². The van der Waals surface area contributed by atoms with Gasteiger partial charge in [-0.1, -0.05) is 0 Å². The van der Waals surface area contributed by atoms with Crippen molar-refractivity contribution in [1.82, 2.24) is 24.5 Å². The van der Waals surface area contributed by atoms with Crippen LogP contribution in [0.15, 0.2) is 52.0 Å². The average molecular weight is 514 g/mol. The third-order valence-electron chi connectivity index (χ3n) is 6.29. The smallest absolute Gasteiger partial charge is 0.230 e. The molecule has 1 saturated heterocycles. The zero-order valence-corrected chi connectivity index (χ0v) is 20.9. The molecule has 11 nitrogen and oxygen atoms in total. The number of nitrogens with zero attached hydrogens (tertiary/aromatic N) is 7. The topological polar surface area (TPSA) is 133 Å². The molecule has 3 N–H and O–H groups in total. The van der Waals surface area contributed by atoms with Gasteiger partial charge in [0.2, 0.25) is 11.9 Å². The van der Waals surface area contributed by atoms with Crippen LogP contribution in [0.25, 0.3) is 17.1 Å². The van der Waals surface area contributed by atoms with E-state index in [0.29, 0.717) is 48.4 Å². The van der Waals surface area contributed by atoms with Crippen LogP contribution in [0.1, 0.15) is 0 Å². The molecule has 0 bridgehead atoms. The van der Waals surface area contributed by atoms with Crippen molar-refractivity contribution >= 4 is 33.0 Å². The minimum atomic E-state index is -2.94. The quantitative estimate of drug-likeness (QED) is 0.382. The molecule has 13 heteroatoms. The second-order valence-corrected chi connectivity index (χ2v) is 11.0. The van der Waals surface area contributed by atoms with Gasteiger partial charge in [0.25, 0.3) is 0 Å². The molecule has 0 spiro atoms. The van der Waals surface area contributed by atoms with Crippen molar-refractivity contribution in [2.24, 2.45) is 0 Å². The summed E-state index contributed by atoms with van der Waals surface area (Å²) in [6, 6.07) is 9.84. The summed E-state index contributed by atoms with van der Waals surface area (Å²) >= 11 is 0. The van der Waals surface area contributed by atoms with Gasteiger partial charge in [-0.05, 0) is 30.3 Å². The Balaban J connectivity index is 1.19. The van der Waals surface area contributed by atoms with Gasteiger partial charge in [-0.25, -0.2) is 13.4 Å². The fraction of sp³-hybridized carbons (Fsp3) is 0.348. The third kappa shape index (κ3) is 4.84. The van der Waals surface area contributed by atoms with E-state index >= 15 is 0 Å². The van der Waals surface area contributed by atoms with Gasteiger partial charge >= 0.3 is 0 Å². The number of nitrogen functional groups attached to an aromatic ring is 1. The highest BCUT2D eigenvalue weighted by Gasteiger charge is 2.21. The molecule has 0 radical (unpaired) electrons. The number of nitrogens with one attached hydrogen (secondary N) is 1. The second-order valence-electron chi connectivity index (χ2n) is 8.87. The maximum atomic E-state index is 14.6. The predicted octanol–water partition coefficient (Wildman–Crippen LogP) is 2.40. The van der Waals surface area contributed by atoms with Gasteiger partial charge in [-0.3, -0.25) is 4.90 Å². The molecule has 5 rings (SSSR count). The van der Waals surface area contributed by atoms with Crippen LogP contribution in [0.5, 0.6) is 0 Å². The summed E-state index contributed by atoms with van der Waals surface area (Å²) in [4.78, 5) is 15.5. The summed E-state index contributed by atoms with van der Waals surface area (Å²) < 4.78 is 41.1. The van der Waals surface area contributed by atoms with Gasteiger partial charge in [-0.15, -0.1) is 0 Å². The molecule has 1 aliphatic heterocycles. The molecule has 190 valence electrons. The van der Waals surface area contributed by atoms with E-state index in [1.54, 1.807) is 24.5 Å². The van der Waals surface area contributed by atoms with Crippen LogP contribution in [0, 0.1) is 10.6 Å². The van der Waals surface area contributed by atoms with Crippen LogP contribution >= 0.6 is 0 Å². The van der Waals surface area contributed by atoms with Crippen molar-refractivity contribution in [2.75, 3.05) is 68.1 Å². The lowest BCUT2D eigenvalue weighted by Gasteiger charge is -2.36. The molecule has 1 atom stereocenters. The Bertz CT molecular complexity index is 1480. The number of anilines is 3. The molecular formula is C23H28FN9O2S. The van der Waals surface area contributed by atoms with E-state index in [2.05, 4.69) is 20.0 Å². The lowest BCUT2D eigenvalue weighted by molar-refractivity contribution is 0.262. The maximum Gasteiger partial charge on any atom is 0.230 e. The third-order valence-corrected chi connectivity index (χ3v) is 7.44. The number of hydrogen-bond donors (Lipinski definition) is 2. The Morgan fingerprint density at radius 3 is 2.64 bits per heavy atom. The molecule has 0 aliphatic carbocycles. The Labute approximate surface area is 208 Å². The number of aromatic nitrogens is 4. The second kappa shape index (κ2) is 9.39. The van der Waals surface area contributed by atoms with Crippen LogP contribution in [0.3, 0.4) is 0 Å². The summed E-state index contributed by atoms with van der Waals surface area (Å²) in [5.74, 6) is 0.938. The highest BCUT2D eigenvalue weighted by molar-refractivity contribution is 7.91. The Hall–Kier alpha value is -3.71. The van der Waals surface area contributed by atoms with Crippen LogP contribution in [0.2, 0.25) is 0 Å². The minimum Gasteiger partial charge on any atom is -0.463 e. The van der Waals surface area contributed by atoms with E-state index in [9.17, 15) is 8.60 Å². The first-order chi connectivity index (χ1) is 17.2. The first-order valence-electron chi connectivity index (χ1n) is 11.5. The predicted molar refractivity (Wildman–Crippen MR) is 136 cm³/mol. The lowest BCUT2D eigenvalue weighted by Crippen LogP contribution is -2.48. The molecule has 1 aliphatic rings. The summed E-state index contributed by atoms with van der Waals surface area (Å²) in [7, 11) is -1.03. The largest absolute Gasteiger partial charge is 0.463 e. The van der Waals surface area contributed by atoms with Crippen molar-refractivity contribution in [1.29, 1.82) is 4.78 Å². The molecule has 3 aromatic heterocycles. The van der Waals surface area contributed by atoms with Crippen molar-refractivity contribution in [3.05, 3.63) is 48.5 Å². The van der Waals surface area contributed by atoms with E-state index < -0.39 is 15.5 Å². The number of hydrogen-bond acceptors (Lipinski definition) is 10. The zero-order valence-electron chi connectivity index (χ0n) is 20.1. The monoisotopic (exact) mass is 513 g/mol. The van der Waals surface area contributed by atoms with Crippen LogP contribution < -0.4 is 15.5 Å². The number of likely N-dealkylation sites (N-methyl/N-ethyl adjacent to an activating group) is 1. The van der Waals surface area contributed by atoms with Crippen molar-refractivity contribution in [3.63, 3.8) is 0 Å². The van der Waals surface area contributed by atoms with Crippen molar-refractivity contribution in [3.8, 4) is 11.5 Å². The molecule has 1 unspecified atom stereocenters. The van der Waals surface area contributed by atoms with Gasteiger partial charge < -0.3 is 20.0 Å². The molecule has 0 saturated carbocycles. The van der Waals surface area contributed by atoms with Gasteiger partial charge in [-0.2, -0.15) is 19.6 Å². The summed E-state index contributed by atoms with van der Waals surface area (Å²) in [5.41, 5.74) is 7.83. The lowest BCUT2D eigenvalue weighted by atomic mass is 10.2.